The number of aromatic nitrogens is 1. The summed E-state index contributed by atoms with van der Waals surface area (Å²) >= 11 is 0. The van der Waals surface area contributed by atoms with Crippen molar-refractivity contribution in [2.24, 2.45) is 5.92 Å². The summed E-state index contributed by atoms with van der Waals surface area (Å²) in [5.41, 5.74) is -0.0896. The highest BCUT2D eigenvalue weighted by Gasteiger charge is 2.38. The fraction of sp³-hybridized carbons (Fsp3) is 0.647. The molecule has 1 aliphatic rings. The molecular weight excluding hydrogens is 294 g/mol. The second-order valence-corrected chi connectivity index (χ2v) is 6.55. The van der Waals surface area contributed by atoms with Crippen molar-refractivity contribution in [2.45, 2.75) is 25.4 Å². The zero-order valence-electron chi connectivity index (χ0n) is 14.5. The van der Waals surface area contributed by atoms with Gasteiger partial charge >= 0.3 is 0 Å². The van der Waals surface area contributed by atoms with Gasteiger partial charge in [-0.3, -0.25) is 4.79 Å². The molecule has 1 amide bonds. The summed E-state index contributed by atoms with van der Waals surface area (Å²) in [5.74, 6) is 0.933. The smallest absolute Gasteiger partial charge is 0.254 e. The predicted octanol–water partition coefficient (Wildman–Crippen LogP) is 1.40. The van der Waals surface area contributed by atoms with Gasteiger partial charge in [-0.05, 0) is 25.0 Å². The van der Waals surface area contributed by atoms with Crippen molar-refractivity contribution in [1.29, 1.82) is 0 Å². The molecule has 1 aromatic heterocycles. The van der Waals surface area contributed by atoms with Gasteiger partial charge in [-0.2, -0.15) is 0 Å². The van der Waals surface area contributed by atoms with Gasteiger partial charge in [-0.1, -0.05) is 6.92 Å². The van der Waals surface area contributed by atoms with Gasteiger partial charge in [0.25, 0.3) is 5.91 Å². The molecule has 0 aliphatic carbocycles. The Hall–Kier alpha value is -1.66. The molecule has 23 heavy (non-hydrogen) atoms. The molecule has 1 saturated heterocycles. The summed E-state index contributed by atoms with van der Waals surface area (Å²) in [5, 5.41) is 10.7. The van der Waals surface area contributed by atoms with Crippen LogP contribution in [0.5, 0.6) is 0 Å². The maximum absolute atomic E-state index is 11.9. The van der Waals surface area contributed by atoms with Crippen LogP contribution in [0.4, 0.5) is 5.82 Å². The van der Waals surface area contributed by atoms with Crippen LogP contribution >= 0.6 is 0 Å². The average Bonchev–Trinajstić information content (AvgIpc) is 2.55. The molecule has 1 N–H and O–H groups in total. The van der Waals surface area contributed by atoms with Crippen LogP contribution in [0.25, 0.3) is 0 Å². The molecule has 1 aromatic rings. The lowest BCUT2D eigenvalue weighted by Gasteiger charge is -2.43. The first kappa shape index (κ1) is 17.7. The lowest BCUT2D eigenvalue weighted by atomic mass is 9.80. The second kappa shape index (κ2) is 7.27. The van der Waals surface area contributed by atoms with E-state index in [1.165, 1.54) is 4.90 Å². The number of pyridine rings is 1. The van der Waals surface area contributed by atoms with Gasteiger partial charge in [0.1, 0.15) is 5.82 Å². The van der Waals surface area contributed by atoms with Crippen LogP contribution < -0.4 is 4.90 Å². The van der Waals surface area contributed by atoms with E-state index in [2.05, 4.69) is 16.8 Å². The molecule has 0 unspecified atom stereocenters. The number of amides is 1. The van der Waals surface area contributed by atoms with E-state index < -0.39 is 5.60 Å². The number of piperidine rings is 1. The third-order valence-corrected chi connectivity index (χ3v) is 4.69. The van der Waals surface area contributed by atoms with Crippen molar-refractivity contribution in [3.8, 4) is 0 Å². The third kappa shape index (κ3) is 4.00. The number of hydrogen-bond donors (Lipinski definition) is 1. The van der Waals surface area contributed by atoms with Gasteiger partial charge in [-0.15, -0.1) is 0 Å². The number of anilines is 1. The van der Waals surface area contributed by atoms with Crippen molar-refractivity contribution < 1.29 is 14.6 Å². The Balaban J connectivity index is 2.03. The van der Waals surface area contributed by atoms with Crippen molar-refractivity contribution >= 4 is 11.7 Å². The minimum Gasteiger partial charge on any atom is -0.389 e. The van der Waals surface area contributed by atoms with E-state index >= 15 is 0 Å². The number of ether oxygens (including phenoxy) is 1. The maximum Gasteiger partial charge on any atom is 0.254 e. The molecule has 6 nitrogen and oxygen atoms in total. The first-order chi connectivity index (χ1) is 10.9. The number of methoxy groups -OCH3 is 1. The lowest BCUT2D eigenvalue weighted by molar-refractivity contribution is -0.0489. The molecule has 2 rings (SSSR count). The Bertz CT molecular complexity index is 532. The Morgan fingerprint density at radius 2 is 2.26 bits per heavy atom. The molecule has 1 fully saturated rings. The molecule has 0 radical (unpaired) electrons. The third-order valence-electron chi connectivity index (χ3n) is 4.69. The Labute approximate surface area is 138 Å². The summed E-state index contributed by atoms with van der Waals surface area (Å²) in [4.78, 5) is 20.0. The van der Waals surface area contributed by atoms with E-state index in [4.69, 9.17) is 4.74 Å². The quantitative estimate of drug-likeness (QED) is 0.888. The molecular formula is C17H27N3O3. The average molecular weight is 321 g/mol. The summed E-state index contributed by atoms with van der Waals surface area (Å²) < 4.78 is 5.10. The summed E-state index contributed by atoms with van der Waals surface area (Å²) in [7, 11) is 5.11. The molecule has 2 atom stereocenters. The van der Waals surface area contributed by atoms with Gasteiger partial charge in [0, 0.05) is 53.0 Å². The van der Waals surface area contributed by atoms with Crippen LogP contribution in [0.1, 0.15) is 30.1 Å². The number of hydrogen-bond acceptors (Lipinski definition) is 5. The first-order valence-electron chi connectivity index (χ1n) is 8.01. The highest BCUT2D eigenvalue weighted by Crippen LogP contribution is 2.32. The van der Waals surface area contributed by atoms with Gasteiger partial charge in [0.2, 0.25) is 0 Å². The molecule has 0 bridgehead atoms. The second-order valence-electron chi connectivity index (χ2n) is 6.55. The first-order valence-corrected chi connectivity index (χ1v) is 8.01. The number of carbonyl (C=O) groups excluding carboxylic acids is 1. The van der Waals surface area contributed by atoms with Crippen LogP contribution in [0, 0.1) is 5.92 Å². The number of nitrogens with zero attached hydrogens (tertiary/aromatic N) is 3. The van der Waals surface area contributed by atoms with Crippen molar-refractivity contribution in [3.05, 3.63) is 23.9 Å². The van der Waals surface area contributed by atoms with E-state index in [9.17, 15) is 9.90 Å². The van der Waals surface area contributed by atoms with Crippen molar-refractivity contribution in [2.75, 3.05) is 45.8 Å². The minimum absolute atomic E-state index is 0.0509. The normalized spacial score (nSPS) is 24.6. The van der Waals surface area contributed by atoms with Gasteiger partial charge in [0.15, 0.2) is 0 Å². The van der Waals surface area contributed by atoms with E-state index in [1.807, 2.05) is 6.07 Å². The monoisotopic (exact) mass is 321 g/mol. The highest BCUT2D eigenvalue weighted by atomic mass is 16.5. The molecule has 1 aliphatic heterocycles. The number of aliphatic hydroxyl groups is 1. The Kier molecular flexibility index (Phi) is 5.59. The Morgan fingerprint density at radius 3 is 2.78 bits per heavy atom. The number of rotatable bonds is 5. The fourth-order valence-corrected chi connectivity index (χ4v) is 2.98. The van der Waals surface area contributed by atoms with Crippen molar-refractivity contribution in [1.82, 2.24) is 9.88 Å². The summed E-state index contributed by atoms with van der Waals surface area (Å²) in [6, 6.07) is 3.68. The van der Waals surface area contributed by atoms with E-state index in [0.717, 1.165) is 18.9 Å². The summed E-state index contributed by atoms with van der Waals surface area (Å²) in [6.45, 7) is 4.12. The zero-order chi connectivity index (χ0) is 17.0. The van der Waals surface area contributed by atoms with E-state index in [-0.39, 0.29) is 11.8 Å². The molecule has 6 heteroatoms. The van der Waals surface area contributed by atoms with Gasteiger partial charge in [0.05, 0.1) is 11.2 Å². The summed E-state index contributed by atoms with van der Waals surface area (Å²) in [6.07, 6.45) is 2.97. The van der Waals surface area contributed by atoms with Crippen LogP contribution in [0.2, 0.25) is 0 Å². The van der Waals surface area contributed by atoms with Crippen LogP contribution in [0.3, 0.4) is 0 Å². The highest BCUT2D eigenvalue weighted by molar-refractivity contribution is 5.93. The zero-order valence-corrected chi connectivity index (χ0v) is 14.5. The molecule has 0 aromatic carbocycles. The predicted molar refractivity (Wildman–Crippen MR) is 89.7 cm³/mol. The lowest BCUT2D eigenvalue weighted by Crippen LogP contribution is -2.51. The largest absolute Gasteiger partial charge is 0.389 e. The van der Waals surface area contributed by atoms with Gasteiger partial charge < -0.3 is 19.6 Å². The van der Waals surface area contributed by atoms with E-state index in [0.29, 0.717) is 25.0 Å². The molecule has 2 heterocycles. The van der Waals surface area contributed by atoms with Gasteiger partial charge in [-0.25, -0.2) is 4.98 Å². The minimum atomic E-state index is -0.673. The Morgan fingerprint density at radius 1 is 1.52 bits per heavy atom. The maximum atomic E-state index is 11.9. The SMILES string of the molecule is COCC[C@]1(O)CCN(c2ccc(C(=O)N(C)C)cn2)C[C@H]1C. The van der Waals surface area contributed by atoms with Crippen molar-refractivity contribution in [3.63, 3.8) is 0 Å². The standard InChI is InChI=1S/C17H27N3O3/c1-13-12-20(9-7-17(13,22)8-10-23-4)15-6-5-14(11-18-15)16(21)19(2)3/h5-6,11,13,22H,7-10,12H2,1-4H3/t13-,17-/m1/s1. The molecule has 0 saturated carbocycles. The van der Waals surface area contributed by atoms with Crippen LogP contribution in [-0.4, -0.2) is 67.4 Å². The number of carbonyl (C=O) groups is 1. The van der Waals surface area contributed by atoms with Crippen LogP contribution in [0.15, 0.2) is 18.3 Å². The fourth-order valence-electron chi connectivity index (χ4n) is 2.98. The van der Waals surface area contributed by atoms with E-state index in [1.54, 1.807) is 33.5 Å². The van der Waals surface area contributed by atoms with Crippen LogP contribution in [-0.2, 0) is 4.74 Å². The topological polar surface area (TPSA) is 65.9 Å². The molecule has 0 spiro atoms. The molecule has 128 valence electrons.